The summed E-state index contributed by atoms with van der Waals surface area (Å²) in [6, 6.07) is 3.04. The highest BCUT2D eigenvalue weighted by Gasteiger charge is 2.27. The largest absolute Gasteiger partial charge is 0.476 e. The Balaban J connectivity index is 2.26. The van der Waals surface area contributed by atoms with Crippen LogP contribution in [0.3, 0.4) is 0 Å². The van der Waals surface area contributed by atoms with Gasteiger partial charge in [0, 0.05) is 11.5 Å². The number of halogens is 1. The van der Waals surface area contributed by atoms with Crippen LogP contribution >= 0.6 is 15.9 Å². The first-order valence-electron chi connectivity index (χ1n) is 5.88. The molecule has 0 fully saturated rings. The molecule has 0 atom stereocenters. The molecule has 3 rings (SSSR count). The number of carboxylic acid groups (broad SMARTS) is 1. The van der Waals surface area contributed by atoms with Crippen LogP contribution in [0.25, 0.3) is 11.3 Å². The second-order valence-corrected chi connectivity index (χ2v) is 5.20. The van der Waals surface area contributed by atoms with Crippen LogP contribution in [0.4, 0.5) is 0 Å². The summed E-state index contributed by atoms with van der Waals surface area (Å²) in [7, 11) is 1.63. The van der Waals surface area contributed by atoms with Crippen molar-refractivity contribution in [2.24, 2.45) is 7.05 Å². The average molecular weight is 353 g/mol. The minimum Gasteiger partial charge on any atom is -0.476 e. The molecule has 108 valence electrons. The number of hydrogen-bond donors (Lipinski definition) is 1. The summed E-state index contributed by atoms with van der Waals surface area (Å²) in [4.78, 5) is 22.1. The average Bonchev–Trinajstić information content (AvgIpc) is 3.05. The van der Waals surface area contributed by atoms with Crippen molar-refractivity contribution in [2.75, 3.05) is 6.79 Å². The van der Waals surface area contributed by atoms with Crippen LogP contribution in [0.5, 0.6) is 11.5 Å². The van der Waals surface area contributed by atoms with E-state index in [9.17, 15) is 9.59 Å². The lowest BCUT2D eigenvalue weighted by molar-refractivity contribution is 0.0689. The van der Waals surface area contributed by atoms with E-state index in [1.807, 2.05) is 0 Å². The predicted molar refractivity (Wildman–Crippen MR) is 74.8 cm³/mol. The molecule has 0 amide bonds. The van der Waals surface area contributed by atoms with Crippen molar-refractivity contribution in [1.29, 1.82) is 0 Å². The van der Waals surface area contributed by atoms with Gasteiger partial charge in [-0.1, -0.05) is 0 Å². The molecule has 1 aliphatic rings. The van der Waals surface area contributed by atoms with E-state index in [0.29, 0.717) is 39.1 Å². The molecule has 2 aromatic rings. The lowest BCUT2D eigenvalue weighted by atomic mass is 10.1. The molecule has 21 heavy (non-hydrogen) atoms. The number of aromatic carboxylic acids is 1. The number of aldehydes is 1. The van der Waals surface area contributed by atoms with Crippen molar-refractivity contribution >= 4 is 28.2 Å². The molecule has 0 saturated carbocycles. The Kier molecular flexibility index (Phi) is 3.17. The molecule has 0 bridgehead atoms. The van der Waals surface area contributed by atoms with E-state index in [-0.39, 0.29) is 12.5 Å². The molecule has 1 aromatic carbocycles. The first-order chi connectivity index (χ1) is 10.0. The van der Waals surface area contributed by atoms with Gasteiger partial charge in [-0.3, -0.25) is 9.48 Å². The molecule has 0 spiro atoms. The number of aromatic nitrogens is 2. The van der Waals surface area contributed by atoms with Crippen LogP contribution in [0.2, 0.25) is 0 Å². The van der Waals surface area contributed by atoms with Gasteiger partial charge in [0.2, 0.25) is 6.79 Å². The van der Waals surface area contributed by atoms with Gasteiger partial charge in [-0.05, 0) is 28.1 Å². The SMILES string of the molecule is Cn1nc(C(=O)O)cc1-c1c(Br)cc(C=O)c2c1OCO2. The highest BCUT2D eigenvalue weighted by atomic mass is 79.9. The van der Waals surface area contributed by atoms with Gasteiger partial charge in [0.1, 0.15) is 0 Å². The van der Waals surface area contributed by atoms with E-state index in [4.69, 9.17) is 14.6 Å². The van der Waals surface area contributed by atoms with Crippen molar-refractivity contribution in [1.82, 2.24) is 9.78 Å². The highest BCUT2D eigenvalue weighted by Crippen LogP contribution is 2.47. The Bertz CT molecular complexity index is 768. The lowest BCUT2D eigenvalue weighted by Gasteiger charge is -2.10. The third-order valence-electron chi connectivity index (χ3n) is 3.11. The number of fused-ring (bicyclic) bond motifs is 1. The fraction of sp³-hybridized carbons (Fsp3) is 0.154. The van der Waals surface area contributed by atoms with Crippen molar-refractivity contribution < 1.29 is 24.2 Å². The molecule has 0 unspecified atom stereocenters. The summed E-state index contributed by atoms with van der Waals surface area (Å²) in [5.74, 6) is -0.376. The maximum Gasteiger partial charge on any atom is 0.356 e. The Morgan fingerprint density at radius 3 is 2.76 bits per heavy atom. The van der Waals surface area contributed by atoms with Gasteiger partial charge in [-0.15, -0.1) is 0 Å². The number of carbonyl (C=O) groups is 2. The number of carbonyl (C=O) groups excluding carboxylic acids is 1. The molecule has 1 aromatic heterocycles. The molecule has 7 nitrogen and oxygen atoms in total. The maximum atomic E-state index is 11.1. The second-order valence-electron chi connectivity index (χ2n) is 4.35. The van der Waals surface area contributed by atoms with Crippen LogP contribution in [-0.4, -0.2) is 33.9 Å². The molecule has 1 N–H and O–H groups in total. The summed E-state index contributed by atoms with van der Waals surface area (Å²) in [5, 5.41) is 13.0. The third kappa shape index (κ3) is 2.07. The highest BCUT2D eigenvalue weighted by molar-refractivity contribution is 9.10. The molecule has 2 heterocycles. The predicted octanol–water partition coefficient (Wildman–Crippen LogP) is 2.09. The minimum absolute atomic E-state index is 0.00324. The van der Waals surface area contributed by atoms with Crippen molar-refractivity contribution in [3.63, 3.8) is 0 Å². The molecule has 0 radical (unpaired) electrons. The zero-order valence-electron chi connectivity index (χ0n) is 10.8. The summed E-state index contributed by atoms with van der Waals surface area (Å²) in [6.07, 6.45) is 0.675. The van der Waals surface area contributed by atoms with Gasteiger partial charge >= 0.3 is 5.97 Å². The summed E-state index contributed by atoms with van der Waals surface area (Å²) in [5.41, 5.74) is 1.42. The number of nitrogens with zero attached hydrogens (tertiary/aromatic N) is 2. The molecular formula is C13H9BrN2O5. The van der Waals surface area contributed by atoms with E-state index < -0.39 is 5.97 Å². The monoisotopic (exact) mass is 352 g/mol. The van der Waals surface area contributed by atoms with Crippen molar-refractivity contribution in [3.8, 4) is 22.8 Å². The van der Waals surface area contributed by atoms with Gasteiger partial charge in [0.15, 0.2) is 23.5 Å². The number of carboxylic acids is 1. The summed E-state index contributed by atoms with van der Waals surface area (Å²) >= 11 is 3.38. The smallest absolute Gasteiger partial charge is 0.356 e. The minimum atomic E-state index is -1.12. The number of aryl methyl sites for hydroxylation is 1. The van der Waals surface area contributed by atoms with Crippen LogP contribution < -0.4 is 9.47 Å². The quantitative estimate of drug-likeness (QED) is 0.850. The number of benzene rings is 1. The lowest BCUT2D eigenvalue weighted by Crippen LogP contribution is -2.00. The second kappa shape index (κ2) is 4.88. The van der Waals surface area contributed by atoms with Crippen molar-refractivity contribution in [3.05, 3.63) is 27.9 Å². The van der Waals surface area contributed by atoms with E-state index in [1.165, 1.54) is 10.7 Å². The molecular weight excluding hydrogens is 344 g/mol. The number of hydrogen-bond acceptors (Lipinski definition) is 5. The molecule has 0 saturated heterocycles. The van der Waals surface area contributed by atoms with Crippen LogP contribution in [0, 0.1) is 0 Å². The first-order valence-corrected chi connectivity index (χ1v) is 6.67. The van der Waals surface area contributed by atoms with E-state index >= 15 is 0 Å². The fourth-order valence-corrected chi connectivity index (χ4v) is 2.82. The van der Waals surface area contributed by atoms with E-state index in [0.717, 1.165) is 0 Å². The van der Waals surface area contributed by atoms with Gasteiger partial charge in [-0.2, -0.15) is 5.10 Å². The van der Waals surface area contributed by atoms with Crippen LogP contribution in [0.15, 0.2) is 16.6 Å². The summed E-state index contributed by atoms with van der Waals surface area (Å²) in [6.45, 7) is 0.00324. The Labute approximate surface area is 127 Å². The van der Waals surface area contributed by atoms with Gasteiger partial charge in [0.05, 0.1) is 16.8 Å². The molecule has 8 heteroatoms. The summed E-state index contributed by atoms with van der Waals surface area (Å²) < 4.78 is 12.8. The van der Waals surface area contributed by atoms with Crippen LogP contribution in [-0.2, 0) is 7.05 Å². The Morgan fingerprint density at radius 1 is 1.43 bits per heavy atom. The Morgan fingerprint density at radius 2 is 2.14 bits per heavy atom. The number of ether oxygens (including phenoxy) is 2. The molecule has 0 aliphatic carbocycles. The van der Waals surface area contributed by atoms with Gasteiger partial charge in [-0.25, -0.2) is 4.79 Å². The van der Waals surface area contributed by atoms with Crippen molar-refractivity contribution in [2.45, 2.75) is 0 Å². The third-order valence-corrected chi connectivity index (χ3v) is 3.73. The van der Waals surface area contributed by atoms with E-state index in [1.54, 1.807) is 13.1 Å². The van der Waals surface area contributed by atoms with Crippen LogP contribution in [0.1, 0.15) is 20.8 Å². The van der Waals surface area contributed by atoms with Gasteiger partial charge < -0.3 is 14.6 Å². The molecule has 1 aliphatic heterocycles. The fourth-order valence-electron chi connectivity index (χ4n) is 2.19. The normalized spacial score (nSPS) is 12.5. The zero-order chi connectivity index (χ0) is 15.1. The number of rotatable bonds is 3. The van der Waals surface area contributed by atoms with E-state index in [2.05, 4.69) is 21.0 Å². The zero-order valence-corrected chi connectivity index (χ0v) is 12.4. The topological polar surface area (TPSA) is 90.7 Å². The Hall–Kier alpha value is -2.35. The maximum absolute atomic E-state index is 11.1. The van der Waals surface area contributed by atoms with Gasteiger partial charge in [0.25, 0.3) is 0 Å². The first kappa shape index (κ1) is 13.6. The standard InChI is InChI=1S/C13H9BrN2O5/c1-16-9(3-8(15-16)13(18)19)10-7(14)2-6(4-17)11-12(10)21-5-20-11/h2-4H,5H2,1H3,(H,18,19).